The summed E-state index contributed by atoms with van der Waals surface area (Å²) in [6.07, 6.45) is 1.31. The lowest BCUT2D eigenvalue weighted by molar-refractivity contribution is -0.122. The number of hydrogen-bond donors (Lipinski definition) is 1. The summed E-state index contributed by atoms with van der Waals surface area (Å²) < 4.78 is 11.4. The van der Waals surface area contributed by atoms with Gasteiger partial charge >= 0.3 is 0 Å². The van der Waals surface area contributed by atoms with Crippen LogP contribution in [-0.4, -0.2) is 25.4 Å². The zero-order valence-electron chi connectivity index (χ0n) is 20.2. The summed E-state index contributed by atoms with van der Waals surface area (Å²) in [6.45, 7) is 8.95. The van der Waals surface area contributed by atoms with Gasteiger partial charge in [-0.05, 0) is 41.9 Å². The fraction of sp³-hybridized carbons (Fsp3) is 0.429. The highest BCUT2D eigenvalue weighted by molar-refractivity contribution is 6.02. The van der Waals surface area contributed by atoms with Gasteiger partial charge in [0.2, 0.25) is 5.91 Å². The Bertz CT molecular complexity index is 1090. The molecule has 1 amide bonds. The molecule has 0 saturated carbocycles. The third-order valence-electron chi connectivity index (χ3n) is 6.68. The van der Waals surface area contributed by atoms with Gasteiger partial charge in [0.15, 0.2) is 17.3 Å². The summed E-state index contributed by atoms with van der Waals surface area (Å²) in [5, 5.41) is 3.01. The van der Waals surface area contributed by atoms with Crippen molar-refractivity contribution in [2.45, 2.75) is 64.2 Å². The van der Waals surface area contributed by atoms with Gasteiger partial charge in [-0.2, -0.15) is 0 Å². The Labute approximate surface area is 196 Å². The van der Waals surface area contributed by atoms with Crippen molar-refractivity contribution in [3.8, 4) is 11.5 Å². The van der Waals surface area contributed by atoms with E-state index in [1.54, 1.807) is 7.11 Å². The molecule has 0 saturated heterocycles. The highest BCUT2D eigenvalue weighted by Gasteiger charge is 2.39. The number of rotatable bonds is 5. The number of ketones is 1. The van der Waals surface area contributed by atoms with Crippen molar-refractivity contribution >= 4 is 11.7 Å². The van der Waals surface area contributed by atoms with E-state index >= 15 is 0 Å². The van der Waals surface area contributed by atoms with Gasteiger partial charge in [0.1, 0.15) is 0 Å². The Morgan fingerprint density at radius 2 is 1.73 bits per heavy atom. The van der Waals surface area contributed by atoms with Crippen molar-refractivity contribution in [3.63, 3.8) is 0 Å². The Kier molecular flexibility index (Phi) is 6.33. The molecule has 2 atom stereocenters. The monoisotopic (exact) mass is 447 g/mol. The number of para-hydroxylation sites is 1. The van der Waals surface area contributed by atoms with E-state index < -0.39 is 0 Å². The Morgan fingerprint density at radius 3 is 2.36 bits per heavy atom. The molecule has 1 aliphatic heterocycles. The molecule has 0 fully saturated rings. The maximum atomic E-state index is 13.5. The number of benzene rings is 2. The number of amides is 1. The number of carbonyl (C=O) groups excluding carboxylic acids is 2. The van der Waals surface area contributed by atoms with Crippen LogP contribution in [0.5, 0.6) is 11.5 Å². The molecule has 4 rings (SSSR count). The standard InChI is InChI=1S/C28H33NO4/c1-6-33-27-20(8-7-9-24(27)32-5)21-16-25(31)29-22-14-18(15-23(30)26(21)22)17-10-12-19(13-11-17)28(2,3)4/h7-13,18,21H,6,14-16H2,1-5H3,(H,29,31)/t18-,21-/m1/s1. The molecule has 0 aromatic heterocycles. The minimum Gasteiger partial charge on any atom is -0.493 e. The molecule has 174 valence electrons. The maximum Gasteiger partial charge on any atom is 0.225 e. The third kappa shape index (κ3) is 4.54. The first kappa shape index (κ1) is 23.1. The molecule has 1 heterocycles. The van der Waals surface area contributed by atoms with Gasteiger partial charge in [-0.1, -0.05) is 57.2 Å². The van der Waals surface area contributed by atoms with Gasteiger partial charge in [0.05, 0.1) is 13.7 Å². The van der Waals surface area contributed by atoms with Crippen molar-refractivity contribution in [1.82, 2.24) is 5.32 Å². The molecule has 1 aliphatic carbocycles. The average molecular weight is 448 g/mol. The summed E-state index contributed by atoms with van der Waals surface area (Å²) in [6, 6.07) is 14.2. The highest BCUT2D eigenvalue weighted by atomic mass is 16.5. The minimum atomic E-state index is -0.331. The summed E-state index contributed by atoms with van der Waals surface area (Å²) in [5.41, 5.74) is 4.78. The van der Waals surface area contributed by atoms with Gasteiger partial charge < -0.3 is 14.8 Å². The predicted molar refractivity (Wildman–Crippen MR) is 129 cm³/mol. The predicted octanol–water partition coefficient (Wildman–Crippen LogP) is 5.40. The van der Waals surface area contributed by atoms with E-state index in [4.69, 9.17) is 9.47 Å². The van der Waals surface area contributed by atoms with Crippen LogP contribution in [0.2, 0.25) is 0 Å². The molecule has 0 radical (unpaired) electrons. The summed E-state index contributed by atoms with van der Waals surface area (Å²) in [7, 11) is 1.60. The lowest BCUT2D eigenvalue weighted by Gasteiger charge is -2.35. The SMILES string of the molecule is CCOc1c(OC)cccc1[C@H]1CC(=O)NC2=C1C(=O)C[C@H](c1ccc(C(C)(C)C)cc1)C2. The Hall–Kier alpha value is -3.08. The van der Waals surface area contributed by atoms with E-state index in [9.17, 15) is 9.59 Å². The molecule has 2 aliphatic rings. The van der Waals surface area contributed by atoms with E-state index in [1.807, 2.05) is 25.1 Å². The highest BCUT2D eigenvalue weighted by Crippen LogP contribution is 2.46. The number of hydrogen-bond acceptors (Lipinski definition) is 4. The quantitative estimate of drug-likeness (QED) is 0.667. The second-order valence-electron chi connectivity index (χ2n) is 9.91. The fourth-order valence-electron chi connectivity index (χ4n) is 4.98. The van der Waals surface area contributed by atoms with Crippen LogP contribution in [0.25, 0.3) is 0 Å². The number of Topliss-reactive ketones (excluding diaryl/α,β-unsaturated/α-hetero) is 1. The average Bonchev–Trinajstić information content (AvgIpc) is 2.78. The second-order valence-corrected chi connectivity index (χ2v) is 9.91. The van der Waals surface area contributed by atoms with Crippen LogP contribution in [0.4, 0.5) is 0 Å². The summed E-state index contributed by atoms with van der Waals surface area (Å²) in [4.78, 5) is 26.2. The summed E-state index contributed by atoms with van der Waals surface area (Å²) >= 11 is 0. The first-order valence-electron chi connectivity index (χ1n) is 11.7. The number of ether oxygens (including phenoxy) is 2. The lowest BCUT2D eigenvalue weighted by atomic mass is 9.73. The normalized spacial score (nSPS) is 20.9. The molecule has 2 aromatic carbocycles. The van der Waals surface area contributed by atoms with E-state index in [0.717, 1.165) is 16.8 Å². The molecule has 0 unspecified atom stereocenters. The molecule has 33 heavy (non-hydrogen) atoms. The van der Waals surface area contributed by atoms with Crippen molar-refractivity contribution in [2.75, 3.05) is 13.7 Å². The van der Waals surface area contributed by atoms with Gasteiger partial charge in [-0.25, -0.2) is 0 Å². The summed E-state index contributed by atoms with van der Waals surface area (Å²) in [5.74, 6) is 0.976. The van der Waals surface area contributed by atoms with Crippen LogP contribution in [0, 0.1) is 0 Å². The second kappa shape index (κ2) is 9.05. The zero-order valence-corrected chi connectivity index (χ0v) is 20.2. The molecular formula is C28H33NO4. The molecule has 5 heteroatoms. The molecule has 2 aromatic rings. The van der Waals surface area contributed by atoms with Crippen molar-refractivity contribution in [3.05, 3.63) is 70.4 Å². The van der Waals surface area contributed by atoms with Crippen LogP contribution >= 0.6 is 0 Å². The molecule has 1 N–H and O–H groups in total. The zero-order chi connectivity index (χ0) is 23.8. The van der Waals surface area contributed by atoms with Gasteiger partial charge in [0.25, 0.3) is 0 Å². The Balaban J connectivity index is 1.70. The molecule has 0 spiro atoms. The minimum absolute atomic E-state index is 0.0565. The lowest BCUT2D eigenvalue weighted by Crippen LogP contribution is -2.38. The number of methoxy groups -OCH3 is 1. The topological polar surface area (TPSA) is 64.6 Å². The van der Waals surface area contributed by atoms with Crippen LogP contribution in [-0.2, 0) is 15.0 Å². The molecule has 5 nitrogen and oxygen atoms in total. The Morgan fingerprint density at radius 1 is 1.00 bits per heavy atom. The van der Waals surface area contributed by atoms with Crippen molar-refractivity contribution < 1.29 is 19.1 Å². The van der Waals surface area contributed by atoms with E-state index in [1.165, 1.54) is 5.56 Å². The first-order valence-corrected chi connectivity index (χ1v) is 11.7. The first-order chi connectivity index (χ1) is 15.7. The van der Waals surface area contributed by atoms with E-state index in [0.29, 0.717) is 36.5 Å². The largest absolute Gasteiger partial charge is 0.493 e. The molecule has 0 bridgehead atoms. The van der Waals surface area contributed by atoms with Crippen LogP contribution < -0.4 is 14.8 Å². The smallest absolute Gasteiger partial charge is 0.225 e. The molecular weight excluding hydrogens is 414 g/mol. The van der Waals surface area contributed by atoms with E-state index in [2.05, 4.69) is 50.4 Å². The maximum absolute atomic E-state index is 13.5. The number of allylic oxidation sites excluding steroid dienone is 2. The van der Waals surface area contributed by atoms with Gasteiger partial charge in [0, 0.05) is 35.6 Å². The number of carbonyl (C=O) groups is 2. The van der Waals surface area contributed by atoms with Crippen molar-refractivity contribution in [1.29, 1.82) is 0 Å². The van der Waals surface area contributed by atoms with Crippen LogP contribution in [0.15, 0.2) is 53.7 Å². The van der Waals surface area contributed by atoms with E-state index in [-0.39, 0.29) is 35.4 Å². The van der Waals surface area contributed by atoms with Crippen LogP contribution in [0.1, 0.15) is 75.5 Å². The van der Waals surface area contributed by atoms with Crippen LogP contribution in [0.3, 0.4) is 0 Å². The fourth-order valence-corrected chi connectivity index (χ4v) is 4.98. The van der Waals surface area contributed by atoms with Crippen molar-refractivity contribution in [2.24, 2.45) is 0 Å². The van der Waals surface area contributed by atoms with Gasteiger partial charge in [-0.3, -0.25) is 9.59 Å². The van der Waals surface area contributed by atoms with Gasteiger partial charge in [-0.15, -0.1) is 0 Å². The number of nitrogens with one attached hydrogen (secondary N) is 1. The third-order valence-corrected chi connectivity index (χ3v) is 6.68.